The molecule has 0 radical (unpaired) electrons. The van der Waals surface area contributed by atoms with Crippen LogP contribution in [0.25, 0.3) is 0 Å². The molecule has 5 nitrogen and oxygen atoms in total. The highest BCUT2D eigenvalue weighted by Gasteiger charge is 2.04. The van der Waals surface area contributed by atoms with Gasteiger partial charge in [0.15, 0.2) is 0 Å². The molecule has 134 valence electrons. The molecule has 0 aliphatic heterocycles. The Balaban J connectivity index is 1.62. The molecule has 0 unspecified atom stereocenters. The molecule has 0 atom stereocenters. The normalized spacial score (nSPS) is 10.4. The fourth-order valence-corrected chi connectivity index (χ4v) is 2.67. The molecule has 0 fully saturated rings. The van der Waals surface area contributed by atoms with Gasteiger partial charge in [0.1, 0.15) is 11.6 Å². The fourth-order valence-electron chi connectivity index (χ4n) is 2.54. The molecule has 1 heterocycles. The van der Waals surface area contributed by atoms with Gasteiger partial charge in [-0.15, -0.1) is 0 Å². The van der Waals surface area contributed by atoms with Crippen molar-refractivity contribution >= 4 is 29.1 Å². The second-order valence-corrected chi connectivity index (χ2v) is 6.31. The number of aromatic nitrogens is 2. The Morgan fingerprint density at radius 2 is 1.85 bits per heavy atom. The van der Waals surface area contributed by atoms with Crippen LogP contribution in [0.3, 0.4) is 0 Å². The number of nitrogens with one attached hydrogen (secondary N) is 2. The summed E-state index contributed by atoms with van der Waals surface area (Å²) in [6, 6.07) is 17.4. The van der Waals surface area contributed by atoms with Gasteiger partial charge in [0, 0.05) is 29.0 Å². The molecule has 0 saturated heterocycles. The van der Waals surface area contributed by atoms with E-state index in [1.165, 1.54) is 5.56 Å². The molecule has 1 aromatic heterocycles. The minimum atomic E-state index is 0.552. The minimum Gasteiger partial charge on any atom is -0.497 e. The summed E-state index contributed by atoms with van der Waals surface area (Å²) in [7, 11) is 1.68. The molecule has 0 amide bonds. The topological polar surface area (TPSA) is 59.1 Å². The summed E-state index contributed by atoms with van der Waals surface area (Å²) < 4.78 is 5.26. The first-order valence-electron chi connectivity index (χ1n) is 8.37. The summed E-state index contributed by atoms with van der Waals surface area (Å²) in [6.07, 6.45) is 0.875. The van der Waals surface area contributed by atoms with Crippen molar-refractivity contribution in [3.8, 4) is 5.75 Å². The van der Waals surface area contributed by atoms with Crippen LogP contribution < -0.4 is 15.4 Å². The van der Waals surface area contributed by atoms with Gasteiger partial charge in [-0.3, -0.25) is 0 Å². The van der Waals surface area contributed by atoms with E-state index in [0.717, 1.165) is 35.9 Å². The van der Waals surface area contributed by atoms with E-state index >= 15 is 0 Å². The summed E-state index contributed by atoms with van der Waals surface area (Å²) >= 11 is 5.91. The number of hydrogen-bond acceptors (Lipinski definition) is 5. The van der Waals surface area contributed by atoms with Gasteiger partial charge in [0.2, 0.25) is 5.95 Å². The monoisotopic (exact) mass is 368 g/mol. The van der Waals surface area contributed by atoms with Gasteiger partial charge in [-0.25, -0.2) is 4.98 Å². The van der Waals surface area contributed by atoms with E-state index in [1.54, 1.807) is 7.11 Å². The summed E-state index contributed by atoms with van der Waals surface area (Å²) in [5.74, 6) is 2.21. The molecule has 3 rings (SSSR count). The second-order valence-electron chi connectivity index (χ2n) is 5.88. The summed E-state index contributed by atoms with van der Waals surface area (Å²) in [6.45, 7) is 2.71. The molecule has 6 heteroatoms. The molecule has 0 aliphatic rings. The largest absolute Gasteiger partial charge is 0.497 e. The third kappa shape index (κ3) is 5.10. The third-order valence-corrected chi connectivity index (χ3v) is 4.06. The lowest BCUT2D eigenvalue weighted by Gasteiger charge is -2.10. The average Bonchev–Trinajstić information content (AvgIpc) is 2.63. The van der Waals surface area contributed by atoms with E-state index in [4.69, 9.17) is 16.3 Å². The Hall–Kier alpha value is -2.79. The molecule has 2 N–H and O–H groups in total. The lowest BCUT2D eigenvalue weighted by atomic mass is 10.1. The van der Waals surface area contributed by atoms with Crippen LogP contribution in [-0.2, 0) is 6.42 Å². The van der Waals surface area contributed by atoms with Crippen molar-refractivity contribution in [2.24, 2.45) is 0 Å². The Labute approximate surface area is 158 Å². The molecule has 0 bridgehead atoms. The van der Waals surface area contributed by atoms with E-state index in [1.807, 2.05) is 55.5 Å². The summed E-state index contributed by atoms with van der Waals surface area (Å²) in [4.78, 5) is 8.95. The van der Waals surface area contributed by atoms with Gasteiger partial charge >= 0.3 is 0 Å². The van der Waals surface area contributed by atoms with Crippen LogP contribution in [0.5, 0.6) is 5.75 Å². The summed E-state index contributed by atoms with van der Waals surface area (Å²) in [5, 5.41) is 7.25. The molecule has 0 saturated carbocycles. The number of aryl methyl sites for hydroxylation is 1. The number of ether oxygens (including phenoxy) is 1. The number of nitrogens with zero attached hydrogens (tertiary/aromatic N) is 2. The van der Waals surface area contributed by atoms with Gasteiger partial charge < -0.3 is 15.4 Å². The maximum absolute atomic E-state index is 5.91. The molecule has 2 aromatic carbocycles. The highest BCUT2D eigenvalue weighted by molar-refractivity contribution is 6.30. The molecule has 26 heavy (non-hydrogen) atoms. The highest BCUT2D eigenvalue weighted by Crippen LogP contribution is 2.18. The first-order chi connectivity index (χ1) is 12.6. The van der Waals surface area contributed by atoms with Crippen molar-refractivity contribution in [2.75, 3.05) is 24.3 Å². The van der Waals surface area contributed by atoms with Crippen LogP contribution in [0, 0.1) is 6.92 Å². The smallest absolute Gasteiger partial charge is 0.229 e. The molecular formula is C20H21ClN4O. The maximum Gasteiger partial charge on any atom is 0.229 e. The van der Waals surface area contributed by atoms with Crippen molar-refractivity contribution in [1.29, 1.82) is 0 Å². The molecule has 0 spiro atoms. The fraction of sp³-hybridized carbons (Fsp3) is 0.200. The predicted octanol–water partition coefficient (Wildman–Crippen LogP) is 4.85. The van der Waals surface area contributed by atoms with Crippen LogP contribution >= 0.6 is 11.6 Å². The standard InChI is InChI=1S/C20H21ClN4O/c1-14-12-19(22-11-10-15-4-3-5-18(13-15)26-2)25-20(23-14)24-17-8-6-16(21)7-9-17/h3-9,12-13H,10-11H2,1-2H3,(H2,22,23,24,25). The van der Waals surface area contributed by atoms with E-state index in [-0.39, 0.29) is 0 Å². The average molecular weight is 369 g/mol. The maximum atomic E-state index is 5.91. The first-order valence-corrected chi connectivity index (χ1v) is 8.75. The van der Waals surface area contributed by atoms with Crippen LogP contribution in [0.15, 0.2) is 54.6 Å². The lowest BCUT2D eigenvalue weighted by molar-refractivity contribution is 0.414. The Kier molecular flexibility index (Phi) is 5.92. The Morgan fingerprint density at radius 1 is 1.04 bits per heavy atom. The van der Waals surface area contributed by atoms with Gasteiger partial charge in [0.05, 0.1) is 7.11 Å². The van der Waals surface area contributed by atoms with Crippen LogP contribution in [0.2, 0.25) is 5.02 Å². The van der Waals surface area contributed by atoms with Gasteiger partial charge in [-0.1, -0.05) is 23.7 Å². The zero-order valence-electron chi connectivity index (χ0n) is 14.8. The Morgan fingerprint density at radius 3 is 2.62 bits per heavy atom. The number of methoxy groups -OCH3 is 1. The van der Waals surface area contributed by atoms with Gasteiger partial charge in [-0.05, 0) is 55.3 Å². The number of anilines is 3. The first kappa shape index (κ1) is 18.0. The lowest BCUT2D eigenvalue weighted by Crippen LogP contribution is -2.08. The highest BCUT2D eigenvalue weighted by atomic mass is 35.5. The van der Waals surface area contributed by atoms with Crippen molar-refractivity contribution < 1.29 is 4.74 Å². The van der Waals surface area contributed by atoms with Gasteiger partial charge in [0.25, 0.3) is 0 Å². The minimum absolute atomic E-state index is 0.552. The molecular weight excluding hydrogens is 348 g/mol. The van der Waals surface area contributed by atoms with Crippen molar-refractivity contribution in [3.05, 3.63) is 70.9 Å². The zero-order chi connectivity index (χ0) is 18.4. The Bertz CT molecular complexity index is 868. The van der Waals surface area contributed by atoms with Gasteiger partial charge in [-0.2, -0.15) is 4.98 Å². The van der Waals surface area contributed by atoms with E-state index in [2.05, 4.69) is 26.7 Å². The zero-order valence-corrected chi connectivity index (χ0v) is 15.5. The second kappa shape index (κ2) is 8.54. The van der Waals surface area contributed by atoms with E-state index in [0.29, 0.717) is 11.0 Å². The van der Waals surface area contributed by atoms with Crippen LogP contribution in [0.1, 0.15) is 11.3 Å². The van der Waals surface area contributed by atoms with Crippen LogP contribution in [0.4, 0.5) is 17.5 Å². The molecule has 0 aliphatic carbocycles. The van der Waals surface area contributed by atoms with E-state index in [9.17, 15) is 0 Å². The molecule has 3 aromatic rings. The van der Waals surface area contributed by atoms with Crippen molar-refractivity contribution in [1.82, 2.24) is 9.97 Å². The number of halogens is 1. The third-order valence-electron chi connectivity index (χ3n) is 3.81. The van der Waals surface area contributed by atoms with Crippen molar-refractivity contribution in [2.45, 2.75) is 13.3 Å². The number of rotatable bonds is 7. The SMILES string of the molecule is COc1cccc(CCNc2cc(C)nc(Nc3ccc(Cl)cc3)n2)c1. The number of hydrogen-bond donors (Lipinski definition) is 2. The number of benzene rings is 2. The summed E-state index contributed by atoms with van der Waals surface area (Å²) in [5.41, 5.74) is 2.99. The van der Waals surface area contributed by atoms with Crippen molar-refractivity contribution in [3.63, 3.8) is 0 Å². The van der Waals surface area contributed by atoms with Crippen LogP contribution in [-0.4, -0.2) is 23.6 Å². The predicted molar refractivity (Wildman–Crippen MR) is 107 cm³/mol. The quantitative estimate of drug-likeness (QED) is 0.624. The van der Waals surface area contributed by atoms with E-state index < -0.39 is 0 Å².